The highest BCUT2D eigenvalue weighted by molar-refractivity contribution is 7.17. The van der Waals surface area contributed by atoms with E-state index in [2.05, 4.69) is 9.97 Å². The number of H-pyrrole nitrogens is 1. The number of hydrogen-bond donors (Lipinski definition) is 1. The topological polar surface area (TPSA) is 58.2 Å². The maximum Gasteiger partial charge on any atom is 0.401 e. The largest absolute Gasteiger partial charge is 0.401 e. The van der Waals surface area contributed by atoms with Gasteiger partial charge in [0.05, 0.1) is 25.2 Å². The van der Waals surface area contributed by atoms with Crippen molar-refractivity contribution in [3.8, 4) is 0 Å². The molecule has 0 aliphatic heterocycles. The SMILES string of the molecule is COCCN(Cc1nc2ccsc2c(=O)[nH]1)CC(F)(F)F. The monoisotopic (exact) mass is 321 g/mol. The summed E-state index contributed by atoms with van der Waals surface area (Å²) >= 11 is 1.25. The molecule has 2 aromatic heterocycles. The molecule has 0 amide bonds. The Balaban J connectivity index is 2.18. The fourth-order valence-electron chi connectivity index (χ4n) is 1.90. The Morgan fingerprint density at radius 2 is 2.24 bits per heavy atom. The van der Waals surface area contributed by atoms with Crippen LogP contribution >= 0.6 is 11.3 Å². The Morgan fingerprint density at radius 1 is 1.48 bits per heavy atom. The van der Waals surface area contributed by atoms with Crippen LogP contribution in [0.15, 0.2) is 16.2 Å². The smallest absolute Gasteiger partial charge is 0.383 e. The molecule has 2 aromatic rings. The molecular formula is C12H14F3N3O2S. The van der Waals surface area contributed by atoms with Crippen molar-refractivity contribution < 1.29 is 17.9 Å². The van der Waals surface area contributed by atoms with E-state index in [1.54, 1.807) is 11.4 Å². The van der Waals surface area contributed by atoms with Crippen LogP contribution in [0.1, 0.15) is 5.82 Å². The van der Waals surface area contributed by atoms with Gasteiger partial charge in [0.1, 0.15) is 10.5 Å². The van der Waals surface area contributed by atoms with E-state index >= 15 is 0 Å². The van der Waals surface area contributed by atoms with Crippen molar-refractivity contribution in [1.82, 2.24) is 14.9 Å². The predicted octanol–water partition coefficient (Wildman–Crippen LogP) is 2.00. The maximum absolute atomic E-state index is 12.5. The lowest BCUT2D eigenvalue weighted by molar-refractivity contribution is -0.148. The average Bonchev–Trinajstić information content (AvgIpc) is 2.83. The molecule has 116 valence electrons. The fraction of sp³-hybridized carbons (Fsp3) is 0.500. The maximum atomic E-state index is 12.5. The molecule has 0 aliphatic rings. The standard InChI is InChI=1S/C12H14F3N3O2S/c1-20-4-3-18(7-12(13,14)15)6-9-16-8-2-5-21-10(8)11(19)17-9/h2,5H,3-4,6-7H2,1H3,(H,16,17,19). The summed E-state index contributed by atoms with van der Waals surface area (Å²) in [7, 11) is 1.42. The van der Waals surface area contributed by atoms with Gasteiger partial charge in [0, 0.05) is 13.7 Å². The van der Waals surface area contributed by atoms with E-state index in [-0.39, 0.29) is 31.1 Å². The summed E-state index contributed by atoms with van der Waals surface area (Å²) in [6, 6.07) is 1.67. The van der Waals surface area contributed by atoms with Crippen LogP contribution in [-0.2, 0) is 11.3 Å². The Bertz CT molecular complexity index is 653. The minimum atomic E-state index is -4.32. The summed E-state index contributed by atoms with van der Waals surface area (Å²) in [5.74, 6) is 0.214. The molecule has 0 atom stereocenters. The van der Waals surface area contributed by atoms with Crippen LogP contribution in [0.2, 0.25) is 0 Å². The van der Waals surface area contributed by atoms with Crippen molar-refractivity contribution in [3.05, 3.63) is 27.6 Å². The molecule has 0 saturated carbocycles. The molecular weight excluding hydrogens is 307 g/mol. The lowest BCUT2D eigenvalue weighted by Gasteiger charge is -2.22. The number of thiophene rings is 1. The van der Waals surface area contributed by atoms with Crippen LogP contribution in [0.4, 0.5) is 13.2 Å². The van der Waals surface area contributed by atoms with Gasteiger partial charge in [-0.15, -0.1) is 11.3 Å². The van der Waals surface area contributed by atoms with Crippen molar-refractivity contribution in [3.63, 3.8) is 0 Å². The minimum absolute atomic E-state index is 0.0934. The third-order valence-electron chi connectivity index (χ3n) is 2.75. The number of halogens is 3. The van der Waals surface area contributed by atoms with Gasteiger partial charge in [-0.2, -0.15) is 13.2 Å². The summed E-state index contributed by atoms with van der Waals surface area (Å²) in [5, 5.41) is 1.72. The predicted molar refractivity (Wildman–Crippen MR) is 73.4 cm³/mol. The van der Waals surface area contributed by atoms with Crippen molar-refractivity contribution in [2.24, 2.45) is 0 Å². The highest BCUT2D eigenvalue weighted by Crippen LogP contribution is 2.18. The molecule has 0 saturated heterocycles. The van der Waals surface area contributed by atoms with E-state index < -0.39 is 12.7 Å². The summed E-state index contributed by atoms with van der Waals surface area (Å²) < 4.78 is 42.9. The van der Waals surface area contributed by atoms with Gasteiger partial charge < -0.3 is 9.72 Å². The van der Waals surface area contributed by atoms with Crippen molar-refractivity contribution in [2.45, 2.75) is 12.7 Å². The van der Waals surface area contributed by atoms with Crippen molar-refractivity contribution in [2.75, 3.05) is 26.8 Å². The second-order valence-corrected chi connectivity index (χ2v) is 5.38. The Kier molecular flexibility index (Phi) is 4.96. The summed E-state index contributed by atoms with van der Waals surface area (Å²) in [5.41, 5.74) is 0.168. The first kappa shape index (κ1) is 15.9. The Hall–Kier alpha value is -1.45. The number of aromatic amines is 1. The normalized spacial score (nSPS) is 12.4. The average molecular weight is 321 g/mol. The van der Waals surface area contributed by atoms with E-state index in [1.807, 2.05) is 0 Å². The first-order valence-corrected chi connectivity index (χ1v) is 7.01. The lowest BCUT2D eigenvalue weighted by Crippen LogP contribution is -2.36. The molecule has 0 aromatic carbocycles. The number of alkyl halides is 3. The quantitative estimate of drug-likeness (QED) is 0.884. The minimum Gasteiger partial charge on any atom is -0.383 e. The second kappa shape index (κ2) is 6.54. The van der Waals surface area contributed by atoms with Gasteiger partial charge in [-0.25, -0.2) is 4.98 Å². The summed E-state index contributed by atoms with van der Waals surface area (Å²) in [6.07, 6.45) is -4.32. The van der Waals surface area contributed by atoms with Crippen LogP contribution in [0.3, 0.4) is 0 Å². The van der Waals surface area contributed by atoms with Gasteiger partial charge in [0.2, 0.25) is 0 Å². The van der Waals surface area contributed by atoms with E-state index in [1.165, 1.54) is 18.4 Å². The molecule has 9 heteroatoms. The van der Waals surface area contributed by atoms with Crippen LogP contribution in [0.5, 0.6) is 0 Å². The van der Waals surface area contributed by atoms with Gasteiger partial charge in [-0.3, -0.25) is 9.69 Å². The number of nitrogens with one attached hydrogen (secondary N) is 1. The molecule has 0 unspecified atom stereocenters. The first-order chi connectivity index (χ1) is 9.89. The summed E-state index contributed by atoms with van der Waals surface area (Å²) in [6.45, 7) is -0.909. The molecule has 5 nitrogen and oxygen atoms in total. The Morgan fingerprint density at radius 3 is 2.90 bits per heavy atom. The lowest BCUT2D eigenvalue weighted by atomic mass is 10.4. The van der Waals surface area contributed by atoms with Gasteiger partial charge in [0.25, 0.3) is 5.56 Å². The van der Waals surface area contributed by atoms with E-state index in [9.17, 15) is 18.0 Å². The zero-order valence-electron chi connectivity index (χ0n) is 11.2. The third kappa shape index (κ3) is 4.51. The number of ether oxygens (including phenoxy) is 1. The number of hydrogen-bond acceptors (Lipinski definition) is 5. The van der Waals surface area contributed by atoms with E-state index in [0.29, 0.717) is 10.2 Å². The highest BCUT2D eigenvalue weighted by atomic mass is 32.1. The number of methoxy groups -OCH3 is 1. The van der Waals surface area contributed by atoms with Crippen molar-refractivity contribution in [1.29, 1.82) is 0 Å². The molecule has 21 heavy (non-hydrogen) atoms. The number of nitrogens with zero attached hydrogens (tertiary/aromatic N) is 2. The highest BCUT2D eigenvalue weighted by Gasteiger charge is 2.30. The van der Waals surface area contributed by atoms with Crippen LogP contribution in [0, 0.1) is 0 Å². The third-order valence-corrected chi connectivity index (χ3v) is 3.65. The molecule has 0 fully saturated rings. The number of aromatic nitrogens is 2. The number of rotatable bonds is 6. The summed E-state index contributed by atoms with van der Waals surface area (Å²) in [4.78, 5) is 19.6. The second-order valence-electron chi connectivity index (χ2n) is 4.47. The molecule has 0 radical (unpaired) electrons. The molecule has 0 bridgehead atoms. The van der Waals surface area contributed by atoms with Gasteiger partial charge >= 0.3 is 6.18 Å². The molecule has 1 N–H and O–H groups in total. The zero-order chi connectivity index (χ0) is 15.5. The zero-order valence-corrected chi connectivity index (χ0v) is 12.1. The molecule has 0 aliphatic carbocycles. The van der Waals surface area contributed by atoms with Crippen LogP contribution < -0.4 is 5.56 Å². The molecule has 2 rings (SSSR count). The molecule has 2 heterocycles. The van der Waals surface area contributed by atoms with E-state index in [0.717, 1.165) is 4.90 Å². The fourth-order valence-corrected chi connectivity index (χ4v) is 2.62. The Labute approximate surface area is 122 Å². The first-order valence-electron chi connectivity index (χ1n) is 6.13. The van der Waals surface area contributed by atoms with E-state index in [4.69, 9.17) is 4.74 Å². The number of fused-ring (bicyclic) bond motifs is 1. The van der Waals surface area contributed by atoms with Crippen molar-refractivity contribution >= 4 is 21.6 Å². The van der Waals surface area contributed by atoms with Gasteiger partial charge in [-0.1, -0.05) is 0 Å². The van der Waals surface area contributed by atoms with Gasteiger partial charge in [-0.05, 0) is 11.4 Å². The van der Waals surface area contributed by atoms with Crippen LogP contribution in [0.25, 0.3) is 10.2 Å². The van der Waals surface area contributed by atoms with Gasteiger partial charge in [0.15, 0.2) is 0 Å². The molecule has 0 spiro atoms. The van der Waals surface area contributed by atoms with Crippen LogP contribution in [-0.4, -0.2) is 47.9 Å².